The molecular weight excluding hydrogens is 226 g/mol. The molecule has 0 heterocycles. The number of benzene rings is 1. The monoisotopic (exact) mass is 247 g/mol. The van der Waals surface area contributed by atoms with Gasteiger partial charge in [-0.1, -0.05) is 12.1 Å². The predicted octanol–water partition coefficient (Wildman–Crippen LogP) is 3.07. The summed E-state index contributed by atoms with van der Waals surface area (Å²) >= 11 is 0. The zero-order valence-corrected chi connectivity index (χ0v) is 11.3. The molecule has 18 heavy (non-hydrogen) atoms. The molecule has 2 rings (SSSR count). The summed E-state index contributed by atoms with van der Waals surface area (Å²) in [5.41, 5.74) is 1.39. The second kappa shape index (κ2) is 4.63. The Morgan fingerprint density at radius 1 is 1.50 bits per heavy atom. The highest BCUT2D eigenvalue weighted by Crippen LogP contribution is 2.44. The molecule has 0 aromatic heterocycles. The first-order valence-corrected chi connectivity index (χ1v) is 6.57. The SMILES string of the molecule is CCN(c1cccc(C)c1)C(C)(C(=O)O)C1CC1. The van der Waals surface area contributed by atoms with E-state index in [4.69, 9.17) is 0 Å². The lowest BCUT2D eigenvalue weighted by Crippen LogP contribution is -2.54. The quantitative estimate of drug-likeness (QED) is 0.869. The number of carboxylic acid groups (broad SMARTS) is 1. The van der Waals surface area contributed by atoms with E-state index >= 15 is 0 Å². The Morgan fingerprint density at radius 2 is 2.17 bits per heavy atom. The maximum absolute atomic E-state index is 11.7. The molecule has 1 aromatic rings. The normalized spacial score (nSPS) is 18.2. The molecule has 3 nitrogen and oxygen atoms in total. The fourth-order valence-corrected chi connectivity index (χ4v) is 2.73. The van der Waals surface area contributed by atoms with Crippen molar-refractivity contribution in [3.63, 3.8) is 0 Å². The summed E-state index contributed by atoms with van der Waals surface area (Å²) in [4.78, 5) is 13.7. The summed E-state index contributed by atoms with van der Waals surface area (Å²) in [7, 11) is 0. The topological polar surface area (TPSA) is 40.5 Å². The lowest BCUT2D eigenvalue weighted by atomic mass is 9.92. The molecule has 1 fully saturated rings. The van der Waals surface area contributed by atoms with Gasteiger partial charge < -0.3 is 10.0 Å². The van der Waals surface area contributed by atoms with Gasteiger partial charge in [0, 0.05) is 12.2 Å². The van der Waals surface area contributed by atoms with Crippen molar-refractivity contribution in [2.75, 3.05) is 11.4 Å². The maximum atomic E-state index is 11.7. The Hall–Kier alpha value is -1.51. The van der Waals surface area contributed by atoms with E-state index in [1.807, 2.05) is 43.9 Å². The van der Waals surface area contributed by atoms with Gasteiger partial charge in [-0.05, 0) is 57.2 Å². The van der Waals surface area contributed by atoms with Crippen LogP contribution in [0.3, 0.4) is 0 Å². The Morgan fingerprint density at radius 3 is 2.61 bits per heavy atom. The minimum absolute atomic E-state index is 0.274. The average molecular weight is 247 g/mol. The minimum atomic E-state index is -0.775. The number of hydrogen-bond donors (Lipinski definition) is 1. The van der Waals surface area contributed by atoms with Gasteiger partial charge in [-0.2, -0.15) is 0 Å². The molecule has 3 heteroatoms. The van der Waals surface area contributed by atoms with Crippen LogP contribution < -0.4 is 4.90 Å². The Kier molecular flexibility index (Phi) is 3.33. The smallest absolute Gasteiger partial charge is 0.329 e. The average Bonchev–Trinajstić information content (AvgIpc) is 3.13. The molecule has 1 N–H and O–H groups in total. The number of aryl methyl sites for hydroxylation is 1. The largest absolute Gasteiger partial charge is 0.479 e. The van der Waals surface area contributed by atoms with Crippen LogP contribution in [0.2, 0.25) is 0 Å². The van der Waals surface area contributed by atoms with Crippen LogP contribution >= 0.6 is 0 Å². The van der Waals surface area contributed by atoms with Crippen LogP contribution in [0.4, 0.5) is 5.69 Å². The van der Waals surface area contributed by atoms with Gasteiger partial charge in [0.25, 0.3) is 0 Å². The Balaban J connectivity index is 2.40. The van der Waals surface area contributed by atoms with Gasteiger partial charge in [0.15, 0.2) is 0 Å². The van der Waals surface area contributed by atoms with E-state index < -0.39 is 11.5 Å². The van der Waals surface area contributed by atoms with Gasteiger partial charge in [-0.15, -0.1) is 0 Å². The summed E-state index contributed by atoms with van der Waals surface area (Å²) in [5.74, 6) is -0.441. The Bertz CT molecular complexity index is 454. The number of likely N-dealkylation sites (N-methyl/N-ethyl adjacent to an activating group) is 1. The summed E-state index contributed by atoms with van der Waals surface area (Å²) in [6.07, 6.45) is 2.04. The van der Waals surface area contributed by atoms with Crippen molar-refractivity contribution >= 4 is 11.7 Å². The molecule has 0 spiro atoms. The number of carboxylic acids is 1. The third kappa shape index (κ3) is 2.09. The van der Waals surface area contributed by atoms with Gasteiger partial charge >= 0.3 is 5.97 Å². The molecule has 0 bridgehead atoms. The number of rotatable bonds is 5. The highest BCUT2D eigenvalue weighted by Gasteiger charge is 2.51. The predicted molar refractivity (Wildman–Crippen MR) is 73.0 cm³/mol. The van der Waals surface area contributed by atoms with Crippen LogP contribution in [0.25, 0.3) is 0 Å². The van der Waals surface area contributed by atoms with Crippen molar-refractivity contribution in [3.8, 4) is 0 Å². The molecule has 98 valence electrons. The van der Waals surface area contributed by atoms with Gasteiger partial charge in [0.05, 0.1) is 0 Å². The van der Waals surface area contributed by atoms with E-state index in [0.717, 1.165) is 24.1 Å². The van der Waals surface area contributed by atoms with Crippen molar-refractivity contribution in [3.05, 3.63) is 29.8 Å². The summed E-state index contributed by atoms with van der Waals surface area (Å²) < 4.78 is 0. The zero-order chi connectivity index (χ0) is 13.3. The minimum Gasteiger partial charge on any atom is -0.479 e. The molecule has 0 aliphatic heterocycles. The molecule has 1 saturated carbocycles. The van der Waals surface area contributed by atoms with Crippen molar-refractivity contribution in [2.45, 2.75) is 39.2 Å². The van der Waals surface area contributed by atoms with E-state index in [9.17, 15) is 9.90 Å². The van der Waals surface area contributed by atoms with Crippen LogP contribution in [-0.4, -0.2) is 23.2 Å². The fraction of sp³-hybridized carbons (Fsp3) is 0.533. The highest BCUT2D eigenvalue weighted by atomic mass is 16.4. The van der Waals surface area contributed by atoms with Crippen LogP contribution in [-0.2, 0) is 4.79 Å². The first-order chi connectivity index (χ1) is 8.50. The number of hydrogen-bond acceptors (Lipinski definition) is 2. The molecule has 1 aliphatic rings. The zero-order valence-electron chi connectivity index (χ0n) is 11.3. The van der Waals surface area contributed by atoms with Crippen molar-refractivity contribution in [2.24, 2.45) is 5.92 Å². The van der Waals surface area contributed by atoms with Crippen LogP contribution in [0.5, 0.6) is 0 Å². The van der Waals surface area contributed by atoms with Crippen molar-refractivity contribution in [1.29, 1.82) is 0 Å². The van der Waals surface area contributed by atoms with Gasteiger partial charge in [-0.3, -0.25) is 0 Å². The van der Waals surface area contributed by atoms with Gasteiger partial charge in [-0.25, -0.2) is 4.79 Å². The number of carbonyl (C=O) groups is 1. The first kappa shape index (κ1) is 12.9. The number of anilines is 1. The fourth-order valence-electron chi connectivity index (χ4n) is 2.73. The molecule has 1 aliphatic carbocycles. The van der Waals surface area contributed by atoms with Crippen LogP contribution in [0.1, 0.15) is 32.3 Å². The molecule has 1 aromatic carbocycles. The molecule has 1 atom stereocenters. The summed E-state index contributed by atoms with van der Waals surface area (Å²) in [5, 5.41) is 9.63. The van der Waals surface area contributed by atoms with Crippen molar-refractivity contribution < 1.29 is 9.90 Å². The third-order valence-electron chi connectivity index (χ3n) is 4.00. The molecular formula is C15H21NO2. The second-order valence-electron chi connectivity index (χ2n) is 5.31. The molecule has 1 unspecified atom stereocenters. The van der Waals surface area contributed by atoms with E-state index in [1.165, 1.54) is 0 Å². The van der Waals surface area contributed by atoms with E-state index in [0.29, 0.717) is 6.54 Å². The highest BCUT2D eigenvalue weighted by molar-refractivity contribution is 5.84. The lowest BCUT2D eigenvalue weighted by Gasteiger charge is -2.39. The molecule has 0 radical (unpaired) electrons. The van der Waals surface area contributed by atoms with E-state index in [-0.39, 0.29) is 5.92 Å². The lowest BCUT2D eigenvalue weighted by molar-refractivity contribution is -0.143. The van der Waals surface area contributed by atoms with E-state index in [2.05, 4.69) is 6.07 Å². The van der Waals surface area contributed by atoms with E-state index in [1.54, 1.807) is 0 Å². The summed E-state index contributed by atoms with van der Waals surface area (Å²) in [6, 6.07) is 8.09. The van der Waals surface area contributed by atoms with Crippen LogP contribution in [0, 0.1) is 12.8 Å². The van der Waals surface area contributed by atoms with Gasteiger partial charge in [0.1, 0.15) is 5.54 Å². The number of nitrogens with zero attached hydrogens (tertiary/aromatic N) is 1. The molecule has 0 saturated heterocycles. The van der Waals surface area contributed by atoms with Crippen molar-refractivity contribution in [1.82, 2.24) is 0 Å². The van der Waals surface area contributed by atoms with Gasteiger partial charge in [0.2, 0.25) is 0 Å². The summed E-state index contributed by atoms with van der Waals surface area (Å²) in [6.45, 7) is 6.63. The number of aliphatic carboxylic acids is 1. The first-order valence-electron chi connectivity index (χ1n) is 6.57. The second-order valence-corrected chi connectivity index (χ2v) is 5.31. The van der Waals surface area contributed by atoms with Crippen LogP contribution in [0.15, 0.2) is 24.3 Å². The standard InChI is InChI=1S/C15H21NO2/c1-4-16(13-7-5-6-11(2)10-13)15(3,14(17)18)12-8-9-12/h5-7,10,12H,4,8-9H2,1-3H3,(H,17,18). The third-order valence-corrected chi connectivity index (χ3v) is 4.00. The molecule has 0 amide bonds. The maximum Gasteiger partial charge on any atom is 0.329 e. The Labute approximate surface area is 108 Å².